The fraction of sp³-hybridized carbons (Fsp3) is 0.269. The Morgan fingerprint density at radius 2 is 1.92 bits per heavy atom. The number of fused-ring (bicyclic) bond motifs is 1. The van der Waals surface area contributed by atoms with Gasteiger partial charge in [-0.3, -0.25) is 9.97 Å². The molecule has 4 aromatic rings. The van der Waals surface area contributed by atoms with Crippen LogP contribution in [0.5, 0.6) is 5.75 Å². The first-order valence-corrected chi connectivity index (χ1v) is 11.9. The van der Waals surface area contributed by atoms with Crippen molar-refractivity contribution in [2.75, 3.05) is 43.5 Å². The highest BCUT2D eigenvalue weighted by atomic mass is 35.5. The van der Waals surface area contributed by atoms with Gasteiger partial charge >= 0.3 is 0 Å². The van der Waals surface area contributed by atoms with Crippen LogP contribution in [0.15, 0.2) is 42.9 Å². The van der Waals surface area contributed by atoms with Gasteiger partial charge in [0.25, 0.3) is 0 Å². The lowest BCUT2D eigenvalue weighted by Crippen LogP contribution is -2.36. The lowest BCUT2D eigenvalue weighted by atomic mass is 10.1. The van der Waals surface area contributed by atoms with Gasteiger partial charge in [-0.1, -0.05) is 11.6 Å². The maximum absolute atomic E-state index is 14.3. The molecule has 5 rings (SSSR count). The van der Waals surface area contributed by atoms with Crippen molar-refractivity contribution >= 4 is 34.0 Å². The highest BCUT2D eigenvalue weighted by molar-refractivity contribution is 6.36. The number of hydrogen-bond donors (Lipinski definition) is 1. The van der Waals surface area contributed by atoms with Gasteiger partial charge in [0, 0.05) is 72.6 Å². The number of nitrogen functional groups attached to an aromatic ring is 1. The van der Waals surface area contributed by atoms with Crippen LogP contribution >= 0.6 is 11.6 Å². The molecule has 186 valence electrons. The number of halogens is 3. The van der Waals surface area contributed by atoms with E-state index in [4.69, 9.17) is 26.8 Å². The quantitative estimate of drug-likeness (QED) is 0.391. The highest BCUT2D eigenvalue weighted by Crippen LogP contribution is 2.32. The molecule has 1 saturated heterocycles. The van der Waals surface area contributed by atoms with Crippen LogP contribution in [0.2, 0.25) is 5.02 Å². The summed E-state index contributed by atoms with van der Waals surface area (Å²) in [6, 6.07) is 5.67. The van der Waals surface area contributed by atoms with Crippen molar-refractivity contribution in [3.05, 3.63) is 70.8 Å². The summed E-state index contributed by atoms with van der Waals surface area (Å²) in [4.78, 5) is 15.3. The Kier molecular flexibility index (Phi) is 6.84. The van der Waals surface area contributed by atoms with E-state index in [-0.39, 0.29) is 22.5 Å². The molecule has 10 heteroatoms. The van der Waals surface area contributed by atoms with Gasteiger partial charge in [0.1, 0.15) is 23.2 Å². The molecule has 36 heavy (non-hydrogen) atoms. The molecule has 4 heterocycles. The molecule has 0 unspecified atom stereocenters. The third kappa shape index (κ3) is 4.89. The topological polar surface area (TPSA) is 86.4 Å². The van der Waals surface area contributed by atoms with Crippen molar-refractivity contribution in [3.8, 4) is 16.9 Å². The lowest BCUT2D eigenvalue weighted by molar-refractivity contribution is 0.122. The zero-order chi connectivity index (χ0) is 25.2. The summed E-state index contributed by atoms with van der Waals surface area (Å²) in [5, 5.41) is 0.315. The SMILES string of the molecule is Cc1nc2cc(F)cc(F)c2c(Cl)c1CCOc1cncc(-c2cnc(N3CCOCC3)cc2N)c1. The Bertz CT molecular complexity index is 1430. The number of nitrogens with two attached hydrogens (primary N) is 1. The summed E-state index contributed by atoms with van der Waals surface area (Å²) in [5.74, 6) is -0.0827. The molecular weight excluding hydrogens is 488 g/mol. The number of aromatic nitrogens is 3. The first-order chi connectivity index (χ1) is 17.4. The molecule has 0 aliphatic carbocycles. The average molecular weight is 512 g/mol. The monoisotopic (exact) mass is 511 g/mol. The van der Waals surface area contributed by atoms with E-state index in [0.717, 1.165) is 36.1 Å². The average Bonchev–Trinajstić information content (AvgIpc) is 2.86. The Balaban J connectivity index is 1.31. The summed E-state index contributed by atoms with van der Waals surface area (Å²) in [6.07, 6.45) is 5.42. The minimum absolute atomic E-state index is 0.103. The third-order valence-corrected chi connectivity index (χ3v) is 6.56. The first-order valence-electron chi connectivity index (χ1n) is 11.5. The van der Waals surface area contributed by atoms with Gasteiger partial charge in [-0.05, 0) is 18.6 Å². The fourth-order valence-electron chi connectivity index (χ4n) is 4.30. The number of aryl methyl sites for hydroxylation is 1. The van der Waals surface area contributed by atoms with E-state index in [0.29, 0.717) is 42.3 Å². The predicted molar refractivity (Wildman–Crippen MR) is 136 cm³/mol. The van der Waals surface area contributed by atoms with Crippen LogP contribution in [-0.2, 0) is 11.2 Å². The molecule has 2 N–H and O–H groups in total. The molecule has 1 aliphatic heterocycles. The van der Waals surface area contributed by atoms with Gasteiger partial charge in [-0.25, -0.2) is 13.8 Å². The van der Waals surface area contributed by atoms with Crippen molar-refractivity contribution in [3.63, 3.8) is 0 Å². The molecule has 1 fully saturated rings. The summed E-state index contributed by atoms with van der Waals surface area (Å²) in [6.45, 7) is 4.89. The van der Waals surface area contributed by atoms with Gasteiger partial charge in [-0.15, -0.1) is 0 Å². The largest absolute Gasteiger partial charge is 0.492 e. The van der Waals surface area contributed by atoms with E-state index in [1.54, 1.807) is 25.5 Å². The molecule has 1 aromatic carbocycles. The maximum atomic E-state index is 14.3. The fourth-order valence-corrected chi connectivity index (χ4v) is 4.71. The van der Waals surface area contributed by atoms with Crippen LogP contribution in [0.4, 0.5) is 20.3 Å². The van der Waals surface area contributed by atoms with Gasteiger partial charge in [0.2, 0.25) is 0 Å². The molecule has 3 aromatic heterocycles. The van der Waals surface area contributed by atoms with Gasteiger partial charge in [0.05, 0.1) is 41.9 Å². The lowest BCUT2D eigenvalue weighted by Gasteiger charge is -2.28. The molecule has 0 saturated carbocycles. The van der Waals surface area contributed by atoms with Crippen molar-refractivity contribution in [1.82, 2.24) is 15.0 Å². The number of rotatable bonds is 6. The van der Waals surface area contributed by atoms with Crippen molar-refractivity contribution in [2.45, 2.75) is 13.3 Å². The Morgan fingerprint density at radius 3 is 2.69 bits per heavy atom. The van der Waals surface area contributed by atoms with Crippen molar-refractivity contribution in [2.24, 2.45) is 0 Å². The van der Waals surface area contributed by atoms with Gasteiger partial charge in [0.15, 0.2) is 0 Å². The Hall–Kier alpha value is -3.56. The van der Waals surface area contributed by atoms with E-state index in [1.165, 1.54) is 6.07 Å². The second-order valence-corrected chi connectivity index (χ2v) is 8.89. The van der Waals surface area contributed by atoms with Gasteiger partial charge < -0.3 is 20.1 Å². The van der Waals surface area contributed by atoms with Crippen LogP contribution in [0.25, 0.3) is 22.0 Å². The van der Waals surface area contributed by atoms with E-state index in [9.17, 15) is 8.78 Å². The number of benzene rings is 1. The summed E-state index contributed by atoms with van der Waals surface area (Å²) in [5.41, 5.74) is 9.88. The molecule has 0 bridgehead atoms. The van der Waals surface area contributed by atoms with E-state index >= 15 is 0 Å². The molecule has 1 aliphatic rings. The number of anilines is 2. The normalized spacial score (nSPS) is 13.8. The van der Waals surface area contributed by atoms with Gasteiger partial charge in [-0.2, -0.15) is 0 Å². The van der Waals surface area contributed by atoms with Crippen molar-refractivity contribution < 1.29 is 18.3 Å². The zero-order valence-corrected chi connectivity index (χ0v) is 20.4. The number of morpholine rings is 1. The molecule has 0 atom stereocenters. The van der Waals surface area contributed by atoms with E-state index in [1.807, 2.05) is 12.1 Å². The molecule has 0 amide bonds. The minimum atomic E-state index is -0.743. The standard InChI is InChI=1S/C26H24ClF2N5O2/c1-15-19(26(27)25-21(29)9-17(28)10-23(25)33-15)2-5-36-18-8-16(12-31-13-18)20-14-32-24(11-22(20)30)34-3-6-35-7-4-34/h8-14H,2-7H2,1H3,(H2,30,32). The highest BCUT2D eigenvalue weighted by Gasteiger charge is 2.17. The van der Waals surface area contributed by atoms with Crippen LogP contribution in [0.3, 0.4) is 0 Å². The van der Waals surface area contributed by atoms with Crippen molar-refractivity contribution in [1.29, 1.82) is 0 Å². The zero-order valence-electron chi connectivity index (χ0n) is 19.6. The molecular formula is C26H24ClF2N5O2. The van der Waals surface area contributed by atoms with E-state index in [2.05, 4.69) is 19.9 Å². The van der Waals surface area contributed by atoms with E-state index < -0.39 is 11.6 Å². The number of pyridine rings is 3. The summed E-state index contributed by atoms with van der Waals surface area (Å²) >= 11 is 6.48. The number of hydrogen-bond acceptors (Lipinski definition) is 7. The maximum Gasteiger partial charge on any atom is 0.138 e. The van der Waals surface area contributed by atoms with Crippen LogP contribution in [-0.4, -0.2) is 47.9 Å². The molecule has 0 spiro atoms. The smallest absolute Gasteiger partial charge is 0.138 e. The minimum Gasteiger partial charge on any atom is -0.492 e. The third-order valence-electron chi connectivity index (χ3n) is 6.15. The van der Waals surface area contributed by atoms with Crippen LogP contribution in [0.1, 0.15) is 11.3 Å². The second-order valence-electron chi connectivity index (χ2n) is 8.51. The Morgan fingerprint density at radius 1 is 1.11 bits per heavy atom. The summed E-state index contributed by atoms with van der Waals surface area (Å²) < 4.78 is 39.2. The first kappa shape index (κ1) is 24.1. The predicted octanol–water partition coefficient (Wildman–Crippen LogP) is 4.97. The summed E-state index contributed by atoms with van der Waals surface area (Å²) in [7, 11) is 0. The molecule has 0 radical (unpaired) electrons. The van der Waals surface area contributed by atoms with Crippen LogP contribution in [0, 0.1) is 18.6 Å². The number of ether oxygens (including phenoxy) is 2. The molecule has 7 nitrogen and oxygen atoms in total. The number of nitrogens with zero attached hydrogens (tertiary/aromatic N) is 4. The Labute approximate surface area is 211 Å². The second kappa shape index (κ2) is 10.2. The van der Waals surface area contributed by atoms with Crippen LogP contribution < -0.4 is 15.4 Å².